The molecule has 6 heteroatoms. The van der Waals surface area contributed by atoms with Gasteiger partial charge in [-0.25, -0.2) is 8.42 Å². The molecule has 0 aliphatic rings. The van der Waals surface area contributed by atoms with Crippen LogP contribution < -0.4 is 0 Å². The molecule has 170 valence electrons. The molecular formula is C23H42BrNO3S. The monoisotopic (exact) mass is 491 g/mol. The third-order valence-corrected chi connectivity index (χ3v) is 6.65. The van der Waals surface area contributed by atoms with Gasteiger partial charge in [-0.3, -0.25) is 0 Å². The number of hydrogen-bond acceptors (Lipinski definition) is 3. The first-order valence-corrected chi connectivity index (χ1v) is 13.6. The third-order valence-electron chi connectivity index (χ3n) is 5.24. The Labute approximate surface area is 188 Å². The van der Waals surface area contributed by atoms with Crippen molar-refractivity contribution in [3.8, 4) is 0 Å². The zero-order chi connectivity index (χ0) is 22.2. The van der Waals surface area contributed by atoms with Gasteiger partial charge in [-0.05, 0) is 44.7 Å². The summed E-state index contributed by atoms with van der Waals surface area (Å²) in [5, 5.41) is 1.16. The van der Waals surface area contributed by atoms with Crippen LogP contribution in [0.25, 0.3) is 0 Å². The van der Waals surface area contributed by atoms with E-state index >= 15 is 0 Å². The molecule has 0 N–H and O–H groups in total. The molecule has 1 aromatic carbocycles. The second-order valence-corrected chi connectivity index (χ2v) is 10.4. The number of benzene rings is 1. The fraction of sp³-hybridized carbons (Fsp3) is 0.739. The van der Waals surface area contributed by atoms with Crippen LogP contribution in [0.5, 0.6) is 0 Å². The number of alkyl halides is 1. The predicted octanol–water partition coefficient (Wildman–Crippen LogP) is 6.28. The van der Waals surface area contributed by atoms with Gasteiger partial charge in [-0.2, -0.15) is 0 Å². The fourth-order valence-electron chi connectivity index (χ4n) is 3.32. The molecule has 0 aromatic heterocycles. The first kappa shape index (κ1) is 28.6. The van der Waals surface area contributed by atoms with Gasteiger partial charge in [0.1, 0.15) is 10.1 Å². The van der Waals surface area contributed by atoms with Crippen LogP contribution in [0.1, 0.15) is 77.2 Å². The van der Waals surface area contributed by atoms with Crippen LogP contribution in [0.2, 0.25) is 0 Å². The number of halogens is 1. The van der Waals surface area contributed by atoms with Crippen molar-refractivity contribution in [2.75, 3.05) is 32.0 Å². The van der Waals surface area contributed by atoms with Crippen molar-refractivity contribution in [1.82, 2.24) is 0 Å². The summed E-state index contributed by atoms with van der Waals surface area (Å²) in [7, 11) is -1.80. The van der Waals surface area contributed by atoms with E-state index in [1.807, 2.05) is 6.92 Å². The number of rotatable bonds is 14. The Balaban J connectivity index is 0.000000604. The zero-order valence-corrected chi connectivity index (χ0v) is 21.4. The Hall–Kier alpha value is -0.430. The summed E-state index contributed by atoms with van der Waals surface area (Å²) < 4.78 is 32.5. The van der Waals surface area contributed by atoms with Crippen molar-refractivity contribution >= 4 is 26.0 Å². The van der Waals surface area contributed by atoms with Gasteiger partial charge in [0.05, 0.1) is 31.6 Å². The minimum absolute atomic E-state index is 0.178. The number of unbranched alkanes of at least 4 members (excludes halogenated alkanes) is 6. The highest BCUT2D eigenvalue weighted by atomic mass is 79.9. The molecule has 1 aromatic rings. The quantitative estimate of drug-likeness (QED) is 0.133. The molecule has 0 saturated heterocycles. The standard InChI is InChI=1S/C16H35BrN.C7H8O3S/c1-4-6-8-10-14-18(3,16-12-13-17)15-11-9-7-5-2;1-6-2-4-7(5-3-6)11(8,9)10/h4-16H2,1-3H3;2-5H,1H3,(H,8,9,10)/q+1;/p-1. The lowest BCUT2D eigenvalue weighted by Crippen LogP contribution is -2.46. The maximum Gasteiger partial charge on any atom is 0.124 e. The minimum Gasteiger partial charge on any atom is -0.744 e. The van der Waals surface area contributed by atoms with Crippen molar-refractivity contribution in [2.45, 2.75) is 83.5 Å². The fourth-order valence-corrected chi connectivity index (χ4v) is 4.04. The van der Waals surface area contributed by atoms with E-state index in [4.69, 9.17) is 0 Å². The number of hydrogen-bond donors (Lipinski definition) is 0. The molecule has 0 saturated carbocycles. The SMILES string of the molecule is CCCCCC[N+](C)(CCCBr)CCCCCC.Cc1ccc(S(=O)(=O)[O-])cc1. The highest BCUT2D eigenvalue weighted by Gasteiger charge is 2.19. The molecule has 29 heavy (non-hydrogen) atoms. The predicted molar refractivity (Wildman–Crippen MR) is 127 cm³/mol. The first-order valence-electron chi connectivity index (χ1n) is 11.1. The van der Waals surface area contributed by atoms with Gasteiger partial charge in [0.2, 0.25) is 0 Å². The van der Waals surface area contributed by atoms with E-state index in [1.165, 1.54) is 94.0 Å². The molecule has 0 heterocycles. The van der Waals surface area contributed by atoms with Gasteiger partial charge < -0.3 is 9.04 Å². The lowest BCUT2D eigenvalue weighted by Gasteiger charge is -2.35. The van der Waals surface area contributed by atoms with Crippen molar-refractivity contribution in [3.05, 3.63) is 29.8 Å². The zero-order valence-electron chi connectivity index (χ0n) is 19.0. The average molecular weight is 493 g/mol. The molecule has 0 atom stereocenters. The van der Waals surface area contributed by atoms with Gasteiger partial charge in [0.25, 0.3) is 0 Å². The summed E-state index contributed by atoms with van der Waals surface area (Å²) in [6.45, 7) is 10.5. The Morgan fingerprint density at radius 3 is 1.66 bits per heavy atom. The van der Waals surface area contributed by atoms with E-state index in [0.717, 1.165) is 10.9 Å². The molecule has 0 amide bonds. The van der Waals surface area contributed by atoms with Gasteiger partial charge in [-0.15, -0.1) is 0 Å². The van der Waals surface area contributed by atoms with Crippen molar-refractivity contribution in [2.24, 2.45) is 0 Å². The van der Waals surface area contributed by atoms with Gasteiger partial charge >= 0.3 is 0 Å². The van der Waals surface area contributed by atoms with Crippen LogP contribution in [0.15, 0.2) is 29.2 Å². The second-order valence-electron chi connectivity index (χ2n) is 8.22. The van der Waals surface area contributed by atoms with E-state index < -0.39 is 10.1 Å². The summed E-state index contributed by atoms with van der Waals surface area (Å²) >= 11 is 3.58. The summed E-state index contributed by atoms with van der Waals surface area (Å²) in [5.74, 6) is 0. The van der Waals surface area contributed by atoms with E-state index in [1.54, 1.807) is 12.1 Å². The molecule has 4 nitrogen and oxygen atoms in total. The first-order chi connectivity index (χ1) is 13.7. The minimum atomic E-state index is -4.27. The van der Waals surface area contributed by atoms with E-state index in [-0.39, 0.29) is 4.90 Å². The lowest BCUT2D eigenvalue weighted by atomic mass is 10.1. The maximum absolute atomic E-state index is 10.4. The van der Waals surface area contributed by atoms with Crippen LogP contribution in [0.4, 0.5) is 0 Å². The van der Waals surface area contributed by atoms with E-state index in [2.05, 4.69) is 36.8 Å². The number of nitrogens with zero attached hydrogens (tertiary/aromatic N) is 1. The van der Waals surface area contributed by atoms with Crippen molar-refractivity contribution in [3.63, 3.8) is 0 Å². The van der Waals surface area contributed by atoms with Crippen molar-refractivity contribution in [1.29, 1.82) is 0 Å². The summed E-state index contributed by atoms with van der Waals surface area (Å²) in [6.07, 6.45) is 12.5. The molecule has 1 rings (SSSR count). The smallest absolute Gasteiger partial charge is 0.124 e. The van der Waals surface area contributed by atoms with Crippen molar-refractivity contribution < 1.29 is 17.5 Å². The molecule has 0 unspecified atom stereocenters. The molecule has 0 aliphatic heterocycles. The van der Waals surface area contributed by atoms with Crippen LogP contribution >= 0.6 is 15.9 Å². The Kier molecular flexibility index (Phi) is 16.0. The number of aryl methyl sites for hydroxylation is 1. The largest absolute Gasteiger partial charge is 0.744 e. The highest BCUT2D eigenvalue weighted by Crippen LogP contribution is 2.13. The lowest BCUT2D eigenvalue weighted by molar-refractivity contribution is -0.910. The third kappa shape index (κ3) is 15.1. The van der Waals surface area contributed by atoms with Gasteiger partial charge in [0.15, 0.2) is 0 Å². The normalized spacial score (nSPS) is 11.8. The van der Waals surface area contributed by atoms with Crippen LogP contribution in [0, 0.1) is 6.92 Å². The molecule has 0 spiro atoms. The molecule has 0 bridgehead atoms. The maximum atomic E-state index is 10.4. The van der Waals surface area contributed by atoms with Crippen LogP contribution in [-0.2, 0) is 10.1 Å². The second kappa shape index (κ2) is 16.3. The van der Waals surface area contributed by atoms with Gasteiger partial charge in [-0.1, -0.05) is 73.2 Å². The Morgan fingerprint density at radius 2 is 1.28 bits per heavy atom. The van der Waals surface area contributed by atoms with E-state index in [9.17, 15) is 13.0 Å². The summed E-state index contributed by atoms with van der Waals surface area (Å²) in [4.78, 5) is -0.178. The summed E-state index contributed by atoms with van der Waals surface area (Å²) in [5.41, 5.74) is 0.928. The average Bonchev–Trinajstić information content (AvgIpc) is 2.67. The number of quaternary nitrogens is 1. The Bertz CT molecular complexity index is 606. The molecule has 0 radical (unpaired) electrons. The van der Waals surface area contributed by atoms with Gasteiger partial charge in [0, 0.05) is 11.8 Å². The van der Waals surface area contributed by atoms with Crippen LogP contribution in [-0.4, -0.2) is 49.5 Å². The topological polar surface area (TPSA) is 57.2 Å². The highest BCUT2D eigenvalue weighted by molar-refractivity contribution is 9.09. The Morgan fingerprint density at radius 1 is 0.828 bits per heavy atom. The molecular weight excluding hydrogens is 450 g/mol. The molecule has 0 fully saturated rings. The summed E-state index contributed by atoms with van der Waals surface area (Å²) in [6, 6.07) is 5.78. The van der Waals surface area contributed by atoms with Crippen LogP contribution in [0.3, 0.4) is 0 Å². The molecule has 0 aliphatic carbocycles. The van der Waals surface area contributed by atoms with E-state index in [0.29, 0.717) is 0 Å².